The van der Waals surface area contributed by atoms with Gasteiger partial charge < -0.3 is 15.0 Å². The molecule has 0 saturated carbocycles. The third-order valence-electron chi connectivity index (χ3n) is 2.75. The van der Waals surface area contributed by atoms with Gasteiger partial charge in [0.05, 0.1) is 7.11 Å². The van der Waals surface area contributed by atoms with Crippen molar-refractivity contribution in [3.8, 4) is 0 Å². The van der Waals surface area contributed by atoms with E-state index in [9.17, 15) is 4.79 Å². The monoisotopic (exact) mass is 305 g/mol. The topological polar surface area (TPSA) is 54.5 Å². The molecule has 1 aromatic rings. The first-order chi connectivity index (χ1) is 9.01. The fraction of sp³-hybridized carbons (Fsp3) is 0.667. The predicted molar refractivity (Wildman–Crippen MR) is 79.3 cm³/mol. The lowest BCUT2D eigenvalue weighted by Crippen LogP contribution is -2.34. The van der Waals surface area contributed by atoms with Crippen molar-refractivity contribution in [2.24, 2.45) is 0 Å². The van der Waals surface area contributed by atoms with E-state index in [1.165, 1.54) is 18.4 Å². The molecule has 108 valence electrons. The lowest BCUT2D eigenvalue weighted by molar-refractivity contribution is 0.0606. The quantitative estimate of drug-likeness (QED) is 0.785. The van der Waals surface area contributed by atoms with Crippen LogP contribution in [0.5, 0.6) is 0 Å². The summed E-state index contributed by atoms with van der Waals surface area (Å²) in [5.41, 5.74) is 0. The van der Waals surface area contributed by atoms with Crippen LogP contribution in [-0.2, 0) is 4.74 Å². The number of nitrogens with zero attached hydrogens (tertiary/aromatic N) is 2. The molecule has 0 fully saturated rings. The SMILES string of the molecule is CCN(CC)CC(C)Nc1nc(Cl)c(C(=O)OC)s1. The number of aromatic nitrogens is 1. The number of anilines is 1. The number of esters is 1. The molecule has 5 nitrogen and oxygen atoms in total. The molecule has 0 aliphatic heterocycles. The second-order valence-electron chi connectivity index (χ2n) is 4.16. The Labute approximate surface area is 122 Å². The summed E-state index contributed by atoms with van der Waals surface area (Å²) < 4.78 is 4.65. The van der Waals surface area contributed by atoms with Crippen LogP contribution < -0.4 is 5.32 Å². The van der Waals surface area contributed by atoms with Gasteiger partial charge in [0, 0.05) is 12.6 Å². The first-order valence-corrected chi connectivity index (χ1v) is 7.44. The number of likely N-dealkylation sites (N-methyl/N-ethyl adjacent to an activating group) is 1. The van der Waals surface area contributed by atoms with E-state index in [0.717, 1.165) is 19.6 Å². The third kappa shape index (κ3) is 4.63. The van der Waals surface area contributed by atoms with Gasteiger partial charge in [-0.05, 0) is 20.0 Å². The zero-order valence-corrected chi connectivity index (χ0v) is 13.3. The van der Waals surface area contributed by atoms with E-state index < -0.39 is 5.97 Å². The molecule has 0 aliphatic carbocycles. The predicted octanol–water partition coefficient (Wildman–Crippen LogP) is 2.73. The summed E-state index contributed by atoms with van der Waals surface area (Å²) >= 11 is 7.13. The molecule has 19 heavy (non-hydrogen) atoms. The first-order valence-electron chi connectivity index (χ1n) is 6.25. The molecule has 7 heteroatoms. The number of thiazole rings is 1. The molecular formula is C12H20ClN3O2S. The average Bonchev–Trinajstić information content (AvgIpc) is 2.75. The summed E-state index contributed by atoms with van der Waals surface area (Å²) in [6, 6.07) is 0.229. The summed E-state index contributed by atoms with van der Waals surface area (Å²) in [5.74, 6) is -0.452. The molecule has 1 unspecified atom stereocenters. The van der Waals surface area contributed by atoms with Crippen LogP contribution in [0.1, 0.15) is 30.4 Å². The van der Waals surface area contributed by atoms with Gasteiger partial charge in [-0.1, -0.05) is 36.8 Å². The van der Waals surface area contributed by atoms with Crippen molar-refractivity contribution in [3.63, 3.8) is 0 Å². The lowest BCUT2D eigenvalue weighted by atomic mass is 10.3. The van der Waals surface area contributed by atoms with Crippen molar-refractivity contribution in [1.29, 1.82) is 0 Å². The van der Waals surface area contributed by atoms with Crippen LogP contribution >= 0.6 is 22.9 Å². The van der Waals surface area contributed by atoms with Gasteiger partial charge >= 0.3 is 5.97 Å². The number of nitrogens with one attached hydrogen (secondary N) is 1. The number of carbonyl (C=O) groups excluding carboxylic acids is 1. The highest BCUT2D eigenvalue weighted by Crippen LogP contribution is 2.27. The Kier molecular flexibility index (Phi) is 6.54. The number of methoxy groups -OCH3 is 1. The Morgan fingerprint density at radius 3 is 2.68 bits per heavy atom. The van der Waals surface area contributed by atoms with E-state index in [4.69, 9.17) is 11.6 Å². The molecule has 1 N–H and O–H groups in total. The molecule has 0 aromatic carbocycles. The minimum atomic E-state index is -0.452. The van der Waals surface area contributed by atoms with Crippen LogP contribution in [0.15, 0.2) is 0 Å². The van der Waals surface area contributed by atoms with Crippen LogP contribution in [0, 0.1) is 0 Å². The Hall–Kier alpha value is -0.850. The normalized spacial score (nSPS) is 12.5. The largest absolute Gasteiger partial charge is 0.465 e. The van der Waals surface area contributed by atoms with E-state index in [2.05, 4.69) is 40.7 Å². The van der Waals surface area contributed by atoms with Gasteiger partial charge in [0.15, 0.2) is 15.2 Å². The summed E-state index contributed by atoms with van der Waals surface area (Å²) in [5, 5.41) is 4.09. The fourth-order valence-corrected chi connectivity index (χ4v) is 2.92. The van der Waals surface area contributed by atoms with E-state index >= 15 is 0 Å². The maximum Gasteiger partial charge on any atom is 0.351 e. The van der Waals surface area contributed by atoms with Gasteiger partial charge in [-0.3, -0.25) is 0 Å². The number of carbonyl (C=O) groups is 1. The van der Waals surface area contributed by atoms with Crippen LogP contribution in [0.3, 0.4) is 0 Å². The van der Waals surface area contributed by atoms with Crippen molar-refractivity contribution in [2.75, 3.05) is 32.1 Å². The van der Waals surface area contributed by atoms with Crippen LogP contribution in [-0.4, -0.2) is 48.6 Å². The van der Waals surface area contributed by atoms with Gasteiger partial charge in [-0.25, -0.2) is 9.78 Å². The van der Waals surface area contributed by atoms with Crippen molar-refractivity contribution < 1.29 is 9.53 Å². The molecule has 0 amide bonds. The second kappa shape index (κ2) is 7.67. The minimum absolute atomic E-state index is 0.189. The molecule has 1 aromatic heterocycles. The molecular weight excluding hydrogens is 286 g/mol. The number of hydrogen-bond acceptors (Lipinski definition) is 6. The average molecular weight is 306 g/mol. The molecule has 1 rings (SSSR count). The fourth-order valence-electron chi connectivity index (χ4n) is 1.71. The maximum atomic E-state index is 11.4. The zero-order valence-electron chi connectivity index (χ0n) is 11.7. The molecule has 0 radical (unpaired) electrons. The smallest absolute Gasteiger partial charge is 0.351 e. The summed E-state index contributed by atoms with van der Waals surface area (Å²) in [4.78, 5) is 18.2. The number of hydrogen-bond donors (Lipinski definition) is 1. The van der Waals surface area contributed by atoms with E-state index in [-0.39, 0.29) is 11.2 Å². The second-order valence-corrected chi connectivity index (χ2v) is 5.52. The van der Waals surface area contributed by atoms with Crippen LogP contribution in [0.2, 0.25) is 5.15 Å². The van der Waals surface area contributed by atoms with Crippen molar-refractivity contribution >= 4 is 34.0 Å². The van der Waals surface area contributed by atoms with Crippen molar-refractivity contribution in [3.05, 3.63) is 10.0 Å². The van der Waals surface area contributed by atoms with Crippen LogP contribution in [0.25, 0.3) is 0 Å². The highest BCUT2D eigenvalue weighted by Gasteiger charge is 2.18. The summed E-state index contributed by atoms with van der Waals surface area (Å²) in [6.07, 6.45) is 0. The minimum Gasteiger partial charge on any atom is -0.465 e. The van der Waals surface area contributed by atoms with E-state index in [0.29, 0.717) is 10.0 Å². The van der Waals surface area contributed by atoms with Gasteiger partial charge in [0.2, 0.25) is 0 Å². The first kappa shape index (κ1) is 16.2. The standard InChI is InChI=1S/C12H20ClN3O2S/c1-5-16(6-2)7-8(3)14-12-15-10(13)9(19-12)11(17)18-4/h8H,5-7H2,1-4H3,(H,14,15). The number of rotatable bonds is 7. The van der Waals surface area contributed by atoms with Gasteiger partial charge in [0.25, 0.3) is 0 Å². The lowest BCUT2D eigenvalue weighted by Gasteiger charge is -2.23. The van der Waals surface area contributed by atoms with Crippen molar-refractivity contribution in [1.82, 2.24) is 9.88 Å². The van der Waals surface area contributed by atoms with Gasteiger partial charge in [0.1, 0.15) is 0 Å². The summed E-state index contributed by atoms with van der Waals surface area (Å²) in [6.45, 7) is 9.27. The highest BCUT2D eigenvalue weighted by molar-refractivity contribution is 7.18. The van der Waals surface area contributed by atoms with E-state index in [1.54, 1.807) is 0 Å². The molecule has 0 saturated heterocycles. The van der Waals surface area contributed by atoms with Gasteiger partial charge in [-0.2, -0.15) is 0 Å². The van der Waals surface area contributed by atoms with E-state index in [1.807, 2.05) is 0 Å². The third-order valence-corrected chi connectivity index (χ3v) is 4.11. The summed E-state index contributed by atoms with van der Waals surface area (Å²) in [7, 11) is 1.33. The van der Waals surface area contributed by atoms with Crippen molar-refractivity contribution in [2.45, 2.75) is 26.8 Å². The Bertz CT molecular complexity index is 421. The molecule has 0 spiro atoms. The number of halogens is 1. The Morgan fingerprint density at radius 1 is 1.53 bits per heavy atom. The zero-order chi connectivity index (χ0) is 14.4. The Morgan fingerprint density at radius 2 is 2.16 bits per heavy atom. The number of ether oxygens (including phenoxy) is 1. The van der Waals surface area contributed by atoms with Crippen LogP contribution in [0.4, 0.5) is 5.13 Å². The maximum absolute atomic E-state index is 11.4. The molecule has 1 atom stereocenters. The molecule has 0 aliphatic rings. The Balaban J connectivity index is 2.64. The molecule has 1 heterocycles. The molecule has 0 bridgehead atoms. The highest BCUT2D eigenvalue weighted by atomic mass is 35.5. The van der Waals surface area contributed by atoms with Gasteiger partial charge in [-0.15, -0.1) is 0 Å².